The summed E-state index contributed by atoms with van der Waals surface area (Å²) in [5.41, 5.74) is 2.47. The Hall–Kier alpha value is -7.15. The number of thiazole rings is 2. The molecule has 2 aromatic carbocycles. The summed E-state index contributed by atoms with van der Waals surface area (Å²) in [6.07, 6.45) is 12.8. The SMILES string of the molecule is C#C[C@@H]1CN(C(=O)[C@@H](NC(=O)c2ccc(-c3nc(N4CCN(C)CC4)sc3F)cc2)C2CCCC2)[C@@H]2C(=O)CO[C@H]12.C#C[C@@H]1CN(C(=O)[C@@H](NC(=O)c2ccc(-c3nc(N4CCN(C)CC4)sc3F)cc2)C2CCCC2)[C@H]2[C@@H]1OCC2(OC)OC.O=C(O)C(F)(F)F. The topological polar surface area (TPSA) is 229 Å². The zero-order valence-corrected chi connectivity index (χ0v) is 53.1. The first-order valence-corrected chi connectivity index (χ1v) is 32.4. The number of aromatic nitrogens is 2. The van der Waals surface area contributed by atoms with Gasteiger partial charge in [0.1, 0.15) is 54.9 Å². The maximum Gasteiger partial charge on any atom is 0.490 e. The number of hydrogen-bond acceptors (Lipinski definition) is 18. The summed E-state index contributed by atoms with van der Waals surface area (Å²) in [6.45, 7) is 7.44. The highest BCUT2D eigenvalue weighted by Gasteiger charge is 2.62. The number of Topliss-reactive ketones (excluding diaryl/α,β-unsaturated/α-hetero) is 1. The molecule has 12 rings (SSSR count). The predicted molar refractivity (Wildman–Crippen MR) is 331 cm³/mol. The Morgan fingerprint density at radius 1 is 0.663 bits per heavy atom. The van der Waals surface area contributed by atoms with Crippen molar-refractivity contribution in [1.82, 2.24) is 40.2 Å². The van der Waals surface area contributed by atoms with Crippen molar-refractivity contribution < 1.29 is 74.8 Å². The van der Waals surface area contributed by atoms with E-state index in [9.17, 15) is 45.9 Å². The van der Waals surface area contributed by atoms with Gasteiger partial charge in [-0.3, -0.25) is 24.0 Å². The molecule has 21 nitrogen and oxygen atoms in total. The number of alkyl halides is 3. The summed E-state index contributed by atoms with van der Waals surface area (Å²) in [4.78, 5) is 97.6. The van der Waals surface area contributed by atoms with Gasteiger partial charge in [-0.1, -0.05) is 84.5 Å². The van der Waals surface area contributed by atoms with Crippen LogP contribution in [0, 0.1) is 58.6 Å². The van der Waals surface area contributed by atoms with Crippen LogP contribution in [0.15, 0.2) is 48.5 Å². The second kappa shape index (κ2) is 29.0. The van der Waals surface area contributed by atoms with Crippen LogP contribution in [0.2, 0.25) is 0 Å². The fraction of sp³-hybridized carbons (Fsp3) is 0.562. The summed E-state index contributed by atoms with van der Waals surface area (Å²) in [7, 11) is 7.21. The molecule has 2 aromatic heterocycles. The third-order valence-electron chi connectivity index (χ3n) is 18.9. The van der Waals surface area contributed by atoms with Gasteiger partial charge in [-0.25, -0.2) is 14.8 Å². The minimum absolute atomic E-state index is 0.00651. The van der Waals surface area contributed by atoms with Gasteiger partial charge in [-0.15, -0.1) is 12.8 Å². The van der Waals surface area contributed by atoms with Gasteiger partial charge in [-0.05, 0) is 75.9 Å². The second-order valence-corrected chi connectivity index (χ2v) is 26.3. The number of ketones is 1. The Morgan fingerprint density at radius 3 is 1.47 bits per heavy atom. The number of rotatable bonds is 14. The average Bonchev–Trinajstić information content (AvgIpc) is 1.59. The van der Waals surface area contributed by atoms with E-state index >= 15 is 0 Å². The molecule has 92 heavy (non-hydrogen) atoms. The number of carboxylic acid groups (broad SMARTS) is 1. The molecule has 3 N–H and O–H groups in total. The number of benzene rings is 2. The van der Waals surface area contributed by atoms with Crippen LogP contribution in [0.5, 0.6) is 0 Å². The number of amides is 4. The minimum atomic E-state index is -5.08. The number of carbonyl (C=O) groups excluding carboxylic acids is 5. The third kappa shape index (κ3) is 14.5. The van der Waals surface area contributed by atoms with Crippen LogP contribution in [0.1, 0.15) is 72.1 Å². The Kier molecular flexibility index (Phi) is 21.4. The van der Waals surface area contributed by atoms with Crippen molar-refractivity contribution in [2.24, 2.45) is 23.7 Å². The number of carbonyl (C=O) groups is 6. The molecule has 494 valence electrons. The fourth-order valence-corrected chi connectivity index (χ4v) is 15.3. The summed E-state index contributed by atoms with van der Waals surface area (Å²) in [5.74, 6) is -0.559. The number of likely N-dealkylation sites (tertiary alicyclic amines) is 2. The van der Waals surface area contributed by atoms with Crippen LogP contribution in [0.3, 0.4) is 0 Å². The lowest BCUT2D eigenvalue weighted by Crippen LogP contribution is -2.59. The maximum absolute atomic E-state index is 15.0. The molecule has 0 bridgehead atoms. The van der Waals surface area contributed by atoms with Gasteiger partial charge in [0.05, 0.1) is 17.9 Å². The highest BCUT2D eigenvalue weighted by Crippen LogP contribution is 2.43. The molecule has 2 aliphatic carbocycles. The summed E-state index contributed by atoms with van der Waals surface area (Å²) in [6, 6.07) is 10.6. The van der Waals surface area contributed by atoms with Gasteiger partial charge in [0.15, 0.2) is 16.0 Å². The van der Waals surface area contributed by atoms with E-state index in [1.54, 1.807) is 53.4 Å². The largest absolute Gasteiger partial charge is 0.490 e. The predicted octanol–water partition coefficient (Wildman–Crippen LogP) is 5.89. The lowest BCUT2D eigenvalue weighted by atomic mass is 9.95. The standard InChI is InChI=1S/C32H40FN5O5S.C30H34FN5O4S.C2HF3O2/c1-5-20-18-38(27-26(20)43-19-32(27,41-3)42-4)30(40)25(21-8-6-7-9-21)34-29(39)23-12-10-22(11-13-23)24-28(33)44-31(35-24)37-16-14-36(2)15-17-37;1-3-18-16-36(25-22(37)17-40-26(18)25)29(39)24(19-6-4-5-7-19)32-28(38)21-10-8-20(9-11-21)23-27(31)41-30(33-23)35-14-12-34(2)13-15-35;3-2(4,5)1(6)7/h1,10-13,20-21,25-27H,6-9,14-19H2,2-4H3,(H,34,39);1,8-11,18-19,24-26H,4-7,12-17H2,2H3,(H,32,38);(H,6,7)/t20-,25+,26-,27+;18-,24+,25-,26-;/m11./s1. The average molecular weight is 1320 g/mol. The van der Waals surface area contributed by atoms with Gasteiger partial charge in [0.25, 0.3) is 11.8 Å². The number of anilines is 2. The lowest BCUT2D eigenvalue weighted by molar-refractivity contribution is -0.227. The molecule has 4 amide bonds. The first-order chi connectivity index (χ1) is 44.1. The number of carboxylic acids is 1. The molecule has 0 unspecified atom stereocenters. The highest BCUT2D eigenvalue weighted by atomic mass is 32.1. The Morgan fingerprint density at radius 2 is 1.07 bits per heavy atom. The van der Waals surface area contributed by atoms with Gasteiger partial charge in [0, 0.05) is 102 Å². The molecule has 8 aliphatic rings. The van der Waals surface area contributed by atoms with Crippen molar-refractivity contribution in [2.45, 2.75) is 99.7 Å². The van der Waals surface area contributed by atoms with Gasteiger partial charge >= 0.3 is 12.1 Å². The smallest absolute Gasteiger partial charge is 0.475 e. The number of halogens is 5. The number of piperazine rings is 2. The van der Waals surface area contributed by atoms with Crippen LogP contribution in [-0.2, 0) is 38.1 Å². The van der Waals surface area contributed by atoms with Crippen LogP contribution in [-0.4, -0.2) is 225 Å². The molecule has 28 heteroatoms. The van der Waals surface area contributed by atoms with Crippen LogP contribution in [0.25, 0.3) is 22.5 Å². The molecule has 6 aliphatic heterocycles. The maximum atomic E-state index is 15.0. The van der Waals surface area contributed by atoms with E-state index in [2.05, 4.69) is 66.1 Å². The number of terminal acetylenes is 2. The number of aliphatic carboxylic acids is 1. The van der Waals surface area contributed by atoms with Gasteiger partial charge in [-0.2, -0.15) is 22.0 Å². The van der Waals surface area contributed by atoms with E-state index in [1.807, 2.05) is 0 Å². The Labute approximate surface area is 538 Å². The van der Waals surface area contributed by atoms with Crippen LogP contribution >= 0.6 is 22.7 Å². The number of methoxy groups -OCH3 is 2. The number of ether oxygens (including phenoxy) is 4. The zero-order chi connectivity index (χ0) is 65.8. The van der Waals surface area contributed by atoms with Gasteiger partial charge in [0.2, 0.25) is 27.9 Å². The Balaban J connectivity index is 0.000000183. The number of nitrogens with one attached hydrogen (secondary N) is 2. The summed E-state index contributed by atoms with van der Waals surface area (Å²) < 4.78 is 84.7. The van der Waals surface area contributed by atoms with Crippen LogP contribution < -0.4 is 20.4 Å². The molecule has 6 saturated heterocycles. The van der Waals surface area contributed by atoms with E-state index in [0.29, 0.717) is 39.1 Å². The number of fused-ring (bicyclic) bond motifs is 2. The first-order valence-electron chi connectivity index (χ1n) is 30.8. The second-order valence-electron chi connectivity index (χ2n) is 24.4. The van der Waals surface area contributed by atoms with E-state index in [-0.39, 0.29) is 88.6 Å². The minimum Gasteiger partial charge on any atom is -0.475 e. The lowest BCUT2D eigenvalue weighted by Gasteiger charge is -2.38. The molecule has 4 aromatic rings. The molecule has 8 heterocycles. The van der Waals surface area contributed by atoms with Crippen molar-refractivity contribution in [3.63, 3.8) is 0 Å². The van der Waals surface area contributed by atoms with E-state index in [1.165, 1.54) is 19.1 Å². The number of nitrogens with zero attached hydrogens (tertiary/aromatic N) is 8. The monoisotopic (exact) mass is 1320 g/mol. The Bertz CT molecular complexity index is 3400. The van der Waals surface area contributed by atoms with E-state index < -0.39 is 60.2 Å². The van der Waals surface area contributed by atoms with Crippen molar-refractivity contribution >= 4 is 68.3 Å². The molecule has 2 saturated carbocycles. The van der Waals surface area contributed by atoms with Crippen LogP contribution in [0.4, 0.5) is 32.2 Å². The van der Waals surface area contributed by atoms with E-state index in [0.717, 1.165) is 126 Å². The summed E-state index contributed by atoms with van der Waals surface area (Å²) in [5, 5.41) is 13.8. The third-order valence-corrected chi connectivity index (χ3v) is 20.7. The number of likely N-dealkylation sites (N-methyl/N-ethyl adjacent to an activating group) is 2. The molecular weight excluding hydrogens is 1240 g/mol. The quantitative estimate of drug-likeness (QED) is 0.0760. The molecule has 0 spiro atoms. The highest BCUT2D eigenvalue weighted by molar-refractivity contribution is 7.14. The molecule has 8 atom stereocenters. The number of hydrogen-bond donors (Lipinski definition) is 3. The van der Waals surface area contributed by atoms with E-state index in [4.69, 9.17) is 41.7 Å². The van der Waals surface area contributed by atoms with Crippen molar-refractivity contribution in [2.75, 3.05) is 117 Å². The molecular formula is C64H75F5N10O11S2. The van der Waals surface area contributed by atoms with Crippen molar-refractivity contribution in [3.05, 3.63) is 69.9 Å². The van der Waals surface area contributed by atoms with Crippen molar-refractivity contribution in [1.29, 1.82) is 0 Å². The summed E-state index contributed by atoms with van der Waals surface area (Å²) >= 11 is 2.08. The van der Waals surface area contributed by atoms with Crippen molar-refractivity contribution in [3.8, 4) is 47.2 Å². The first kappa shape index (κ1) is 67.7. The molecule has 8 fully saturated rings. The van der Waals surface area contributed by atoms with Gasteiger partial charge < -0.3 is 64.1 Å². The molecule has 0 radical (unpaired) electrons. The fourth-order valence-electron chi connectivity index (χ4n) is 13.6. The normalized spacial score (nSPS) is 24.8. The zero-order valence-electron chi connectivity index (χ0n) is 51.5.